The number of anilines is 2. The Morgan fingerprint density at radius 1 is 0.971 bits per heavy atom. The zero-order valence-corrected chi connectivity index (χ0v) is 20.7. The Morgan fingerprint density at radius 2 is 1.71 bits per heavy atom. The molecule has 4 aromatic rings. The first-order valence-corrected chi connectivity index (χ1v) is 10.9. The molecule has 0 fully saturated rings. The lowest BCUT2D eigenvalue weighted by Crippen LogP contribution is -2.32. The maximum atomic E-state index is 13.1. The quantitative estimate of drug-likeness (QED) is 0.374. The summed E-state index contributed by atoms with van der Waals surface area (Å²) in [5, 5.41) is 7.64. The van der Waals surface area contributed by atoms with E-state index in [4.69, 9.17) is 11.6 Å². The fourth-order valence-corrected chi connectivity index (χ4v) is 4.04. The molecule has 0 saturated carbocycles. The van der Waals surface area contributed by atoms with Crippen LogP contribution in [0.2, 0.25) is 5.02 Å². The van der Waals surface area contributed by atoms with Crippen LogP contribution in [0.4, 0.5) is 16.2 Å². The van der Waals surface area contributed by atoms with Crippen LogP contribution in [0.5, 0.6) is 0 Å². The monoisotopic (exact) mass is 496 g/mol. The number of hydrogen-bond donors (Lipinski definition) is 2. The lowest BCUT2D eigenvalue weighted by Gasteiger charge is -2.19. The zero-order chi connectivity index (χ0) is 23.5. The highest BCUT2D eigenvalue weighted by molar-refractivity contribution is 6.31. The van der Waals surface area contributed by atoms with Crippen molar-refractivity contribution in [3.05, 3.63) is 93.9 Å². The minimum atomic E-state index is -0.358. The second kappa shape index (κ2) is 10.6. The van der Waals surface area contributed by atoms with Gasteiger partial charge < -0.3 is 20.1 Å². The summed E-state index contributed by atoms with van der Waals surface area (Å²) < 4.78 is 1.59. The number of nitrogens with zero attached hydrogens (tertiary/aromatic N) is 2. The molecular formula is C26H26Cl2N4O2. The van der Waals surface area contributed by atoms with Gasteiger partial charge in [0.15, 0.2) is 0 Å². The summed E-state index contributed by atoms with van der Waals surface area (Å²) in [5.74, 6) is 0. The van der Waals surface area contributed by atoms with Crippen LogP contribution in [0.3, 0.4) is 0 Å². The van der Waals surface area contributed by atoms with Crippen LogP contribution in [0, 0.1) is 0 Å². The van der Waals surface area contributed by atoms with Crippen LogP contribution in [0.1, 0.15) is 5.69 Å². The van der Waals surface area contributed by atoms with Crippen molar-refractivity contribution in [2.75, 3.05) is 24.3 Å². The van der Waals surface area contributed by atoms with Crippen molar-refractivity contribution < 1.29 is 4.79 Å². The largest absolute Gasteiger partial charge is 0.378 e. The first kappa shape index (κ1) is 25.1. The van der Waals surface area contributed by atoms with Gasteiger partial charge in [0.2, 0.25) is 0 Å². The number of rotatable bonds is 5. The third kappa shape index (κ3) is 5.19. The topological polar surface area (TPSA) is 66.4 Å². The molecule has 0 aliphatic rings. The Labute approximate surface area is 209 Å². The average molecular weight is 497 g/mol. The zero-order valence-electron chi connectivity index (χ0n) is 19.1. The number of amides is 2. The van der Waals surface area contributed by atoms with Crippen molar-refractivity contribution in [3.8, 4) is 11.1 Å². The van der Waals surface area contributed by atoms with Gasteiger partial charge in [-0.1, -0.05) is 48.0 Å². The number of carbonyl (C=O) groups is 1. The summed E-state index contributed by atoms with van der Waals surface area (Å²) in [6, 6.07) is 22.3. The number of fused-ring (bicyclic) bond motifs is 1. The van der Waals surface area contributed by atoms with Gasteiger partial charge in [0, 0.05) is 54.2 Å². The number of carbonyl (C=O) groups excluding carboxylic acids is 1. The van der Waals surface area contributed by atoms with E-state index in [1.807, 2.05) is 73.6 Å². The highest BCUT2D eigenvalue weighted by Crippen LogP contribution is 2.32. The average Bonchev–Trinajstić information content (AvgIpc) is 2.81. The Morgan fingerprint density at radius 3 is 2.41 bits per heavy atom. The molecule has 0 aliphatic carbocycles. The molecule has 176 valence electrons. The summed E-state index contributed by atoms with van der Waals surface area (Å²) in [6.07, 6.45) is 0. The predicted octanol–water partition coefficient (Wildman–Crippen LogP) is 5.67. The van der Waals surface area contributed by atoms with Crippen molar-refractivity contribution in [1.29, 1.82) is 0 Å². The van der Waals surface area contributed by atoms with Gasteiger partial charge in [0.05, 0.1) is 6.54 Å². The van der Waals surface area contributed by atoms with Gasteiger partial charge in [-0.15, -0.1) is 12.4 Å². The molecule has 2 amide bonds. The maximum Gasteiger partial charge on any atom is 0.319 e. The predicted molar refractivity (Wildman–Crippen MR) is 144 cm³/mol. The van der Waals surface area contributed by atoms with Crippen molar-refractivity contribution in [3.63, 3.8) is 0 Å². The van der Waals surface area contributed by atoms with Gasteiger partial charge in [-0.25, -0.2) is 4.79 Å². The molecule has 3 aromatic carbocycles. The van der Waals surface area contributed by atoms with E-state index in [0.29, 0.717) is 21.8 Å². The fourth-order valence-electron chi connectivity index (χ4n) is 3.87. The van der Waals surface area contributed by atoms with Crippen LogP contribution >= 0.6 is 24.0 Å². The first-order valence-electron chi connectivity index (χ1n) is 10.5. The van der Waals surface area contributed by atoms with Gasteiger partial charge in [0.25, 0.3) is 5.56 Å². The number of benzene rings is 3. The molecule has 0 unspecified atom stereocenters. The number of urea groups is 1. The van der Waals surface area contributed by atoms with E-state index >= 15 is 0 Å². The first-order chi connectivity index (χ1) is 15.8. The molecule has 8 heteroatoms. The highest BCUT2D eigenvalue weighted by Gasteiger charge is 2.17. The molecule has 2 N–H and O–H groups in total. The minimum Gasteiger partial charge on any atom is -0.378 e. The lowest BCUT2D eigenvalue weighted by atomic mass is 9.96. The Kier molecular flexibility index (Phi) is 7.87. The summed E-state index contributed by atoms with van der Waals surface area (Å²) in [7, 11) is 5.60. The van der Waals surface area contributed by atoms with E-state index in [1.54, 1.807) is 29.8 Å². The molecule has 0 aliphatic heterocycles. The number of hydrogen-bond acceptors (Lipinski definition) is 3. The molecule has 1 aromatic heterocycles. The smallest absolute Gasteiger partial charge is 0.319 e. The fraction of sp³-hybridized carbons (Fsp3) is 0.154. The minimum absolute atomic E-state index is 0. The van der Waals surface area contributed by atoms with E-state index < -0.39 is 0 Å². The third-order valence-electron chi connectivity index (χ3n) is 5.58. The van der Waals surface area contributed by atoms with E-state index in [2.05, 4.69) is 10.6 Å². The maximum absolute atomic E-state index is 13.1. The van der Waals surface area contributed by atoms with Crippen LogP contribution in [0.15, 0.2) is 77.6 Å². The molecule has 1 heterocycles. The Hall–Kier alpha value is -3.48. The molecule has 0 atom stereocenters. The van der Waals surface area contributed by atoms with Crippen molar-refractivity contribution in [1.82, 2.24) is 9.88 Å². The second-order valence-electron chi connectivity index (χ2n) is 7.99. The van der Waals surface area contributed by atoms with Gasteiger partial charge >= 0.3 is 6.03 Å². The Balaban J connectivity index is 0.00000324. The molecule has 34 heavy (non-hydrogen) atoms. The normalized spacial score (nSPS) is 10.5. The van der Waals surface area contributed by atoms with E-state index in [-0.39, 0.29) is 30.5 Å². The summed E-state index contributed by atoms with van der Waals surface area (Å²) in [6.45, 7) is 0.164. The number of aromatic nitrogens is 1. The number of pyridine rings is 1. The molecule has 0 radical (unpaired) electrons. The summed E-state index contributed by atoms with van der Waals surface area (Å²) in [5.41, 5.74) is 4.02. The molecule has 6 nitrogen and oxygen atoms in total. The van der Waals surface area contributed by atoms with E-state index in [0.717, 1.165) is 22.2 Å². The SMILES string of the molecule is CN(C)c1cccc(NC(=O)NCc2c(-c3ccccc3)c3cc(Cl)ccc3c(=O)n2C)c1.Cl. The van der Waals surface area contributed by atoms with Crippen molar-refractivity contribution in [2.45, 2.75) is 6.54 Å². The highest BCUT2D eigenvalue weighted by atomic mass is 35.5. The van der Waals surface area contributed by atoms with Crippen LogP contribution < -0.4 is 21.1 Å². The third-order valence-corrected chi connectivity index (χ3v) is 5.81. The van der Waals surface area contributed by atoms with Gasteiger partial charge in [-0.3, -0.25) is 4.79 Å². The summed E-state index contributed by atoms with van der Waals surface area (Å²) >= 11 is 6.28. The van der Waals surface area contributed by atoms with Crippen molar-refractivity contribution in [2.24, 2.45) is 7.05 Å². The molecular weight excluding hydrogens is 471 g/mol. The number of halogens is 2. The van der Waals surface area contributed by atoms with Gasteiger partial charge in [-0.2, -0.15) is 0 Å². The lowest BCUT2D eigenvalue weighted by molar-refractivity contribution is 0.251. The van der Waals surface area contributed by atoms with Crippen LogP contribution in [-0.2, 0) is 13.6 Å². The molecule has 0 saturated heterocycles. The standard InChI is InChI=1S/C26H25ClN4O2.ClH/c1-30(2)20-11-7-10-19(15-20)29-26(33)28-16-23-24(17-8-5-4-6-9-17)22-14-18(27)12-13-21(22)25(32)31(23)3;/h4-15H,16H2,1-3H3,(H2,28,29,33);1H. The summed E-state index contributed by atoms with van der Waals surface area (Å²) in [4.78, 5) is 27.7. The Bertz CT molecular complexity index is 1390. The number of nitrogens with one attached hydrogen (secondary N) is 2. The molecule has 0 spiro atoms. The molecule has 0 bridgehead atoms. The van der Waals surface area contributed by atoms with Crippen molar-refractivity contribution >= 4 is 52.2 Å². The van der Waals surface area contributed by atoms with E-state index in [9.17, 15) is 9.59 Å². The van der Waals surface area contributed by atoms with Gasteiger partial charge in [-0.05, 0) is 47.3 Å². The van der Waals surface area contributed by atoms with E-state index in [1.165, 1.54) is 0 Å². The van der Waals surface area contributed by atoms with Gasteiger partial charge in [0.1, 0.15) is 0 Å². The van der Waals surface area contributed by atoms with Crippen LogP contribution in [0.25, 0.3) is 21.9 Å². The van der Waals surface area contributed by atoms with Crippen LogP contribution in [-0.4, -0.2) is 24.7 Å². The molecule has 4 rings (SSSR count). The second-order valence-corrected chi connectivity index (χ2v) is 8.43.